The molecule has 6 heteroatoms. The van der Waals surface area contributed by atoms with Gasteiger partial charge in [0.05, 0.1) is 34.0 Å². The quantitative estimate of drug-likeness (QED) is 0.180. The van der Waals surface area contributed by atoms with Gasteiger partial charge in [-0.15, -0.1) is 0 Å². The zero-order valence-electron chi connectivity index (χ0n) is 29.0. The normalized spacial score (nSPS) is 11.7. The third-order valence-electron chi connectivity index (χ3n) is 10.4. The molecule has 0 N–H and O–H groups in total. The van der Waals surface area contributed by atoms with Crippen LogP contribution < -0.4 is 0 Å². The van der Waals surface area contributed by atoms with E-state index in [1.807, 2.05) is 73.1 Å². The molecule has 0 aliphatic carbocycles. The van der Waals surface area contributed by atoms with Gasteiger partial charge in [-0.2, -0.15) is 0 Å². The summed E-state index contributed by atoms with van der Waals surface area (Å²) in [5.41, 5.74) is 9.28. The number of benzene rings is 7. The molecule has 252 valence electrons. The highest BCUT2D eigenvalue weighted by molar-refractivity contribution is 6.36. The van der Waals surface area contributed by atoms with Crippen LogP contribution in [-0.4, -0.2) is 29.1 Å². The second kappa shape index (κ2) is 12.1. The summed E-state index contributed by atoms with van der Waals surface area (Å²) in [5.74, 6) is 1.79. The van der Waals surface area contributed by atoms with Crippen LogP contribution in [0.15, 0.2) is 182 Å². The van der Waals surface area contributed by atoms with Gasteiger partial charge in [-0.3, -0.25) is 4.98 Å². The molecule has 7 aromatic carbocycles. The summed E-state index contributed by atoms with van der Waals surface area (Å²) in [6.07, 6.45) is 3.80. The van der Waals surface area contributed by atoms with Gasteiger partial charge in [-0.25, -0.2) is 15.0 Å². The lowest BCUT2D eigenvalue weighted by Gasteiger charge is -2.13. The highest BCUT2D eigenvalue weighted by Gasteiger charge is 2.24. The summed E-state index contributed by atoms with van der Waals surface area (Å²) >= 11 is 0. The smallest absolute Gasteiger partial charge is 0.165 e. The summed E-state index contributed by atoms with van der Waals surface area (Å²) in [6, 6.07) is 59.2. The van der Waals surface area contributed by atoms with Gasteiger partial charge >= 0.3 is 0 Å². The predicted molar refractivity (Wildman–Crippen MR) is 220 cm³/mol. The lowest BCUT2D eigenvalue weighted by Crippen LogP contribution is -2.02. The average Bonchev–Trinajstić information content (AvgIpc) is 3.79. The fourth-order valence-electron chi connectivity index (χ4n) is 8.12. The van der Waals surface area contributed by atoms with Crippen LogP contribution in [0.5, 0.6) is 0 Å². The van der Waals surface area contributed by atoms with Crippen molar-refractivity contribution in [2.45, 2.75) is 0 Å². The molecule has 0 aliphatic rings. The number of rotatable bonds is 5. The number of para-hydroxylation sites is 3. The van der Waals surface area contributed by atoms with Crippen LogP contribution in [0.3, 0.4) is 0 Å². The van der Waals surface area contributed by atoms with Crippen molar-refractivity contribution in [3.63, 3.8) is 0 Å². The molecular formula is C48H30N6. The van der Waals surface area contributed by atoms with Gasteiger partial charge < -0.3 is 9.13 Å². The number of pyridine rings is 1. The van der Waals surface area contributed by atoms with Crippen LogP contribution in [0.4, 0.5) is 0 Å². The lowest BCUT2D eigenvalue weighted by molar-refractivity contribution is 1.06. The van der Waals surface area contributed by atoms with Gasteiger partial charge in [-0.05, 0) is 35.7 Å². The molecule has 0 saturated carbocycles. The van der Waals surface area contributed by atoms with Crippen LogP contribution in [-0.2, 0) is 0 Å². The molecule has 11 aromatic rings. The third kappa shape index (κ3) is 4.60. The van der Waals surface area contributed by atoms with Crippen LogP contribution >= 0.6 is 0 Å². The summed E-state index contributed by atoms with van der Waals surface area (Å²) in [4.78, 5) is 19.9. The third-order valence-corrected chi connectivity index (χ3v) is 10.4. The van der Waals surface area contributed by atoms with Crippen molar-refractivity contribution in [1.82, 2.24) is 29.1 Å². The molecule has 4 aromatic heterocycles. The van der Waals surface area contributed by atoms with Crippen LogP contribution in [0.1, 0.15) is 0 Å². The Labute approximate surface area is 310 Å². The zero-order valence-corrected chi connectivity index (χ0v) is 29.0. The van der Waals surface area contributed by atoms with E-state index in [2.05, 4.69) is 118 Å². The lowest BCUT2D eigenvalue weighted by atomic mass is 9.99. The highest BCUT2D eigenvalue weighted by atomic mass is 15.0. The topological polar surface area (TPSA) is 61.4 Å². The number of hydrogen-bond acceptors (Lipinski definition) is 4. The van der Waals surface area contributed by atoms with Crippen molar-refractivity contribution >= 4 is 54.4 Å². The second-order valence-electron chi connectivity index (χ2n) is 13.5. The van der Waals surface area contributed by atoms with Gasteiger partial charge in [0.25, 0.3) is 0 Å². The fourth-order valence-corrected chi connectivity index (χ4v) is 8.12. The molecule has 0 aliphatic heterocycles. The molecule has 6 nitrogen and oxygen atoms in total. The molecule has 0 radical (unpaired) electrons. The molecule has 0 bridgehead atoms. The Morgan fingerprint density at radius 1 is 0.333 bits per heavy atom. The van der Waals surface area contributed by atoms with Crippen molar-refractivity contribution in [2.24, 2.45) is 0 Å². The fraction of sp³-hybridized carbons (Fsp3) is 0. The zero-order chi connectivity index (χ0) is 35.6. The first-order valence-electron chi connectivity index (χ1n) is 18.1. The Bertz CT molecular complexity index is 3140. The monoisotopic (exact) mass is 690 g/mol. The molecular weight excluding hydrogens is 661 g/mol. The van der Waals surface area contributed by atoms with E-state index in [-0.39, 0.29) is 0 Å². The van der Waals surface area contributed by atoms with Gasteiger partial charge in [-0.1, -0.05) is 140 Å². The molecule has 0 saturated heterocycles. The van der Waals surface area contributed by atoms with Crippen LogP contribution in [0, 0.1) is 0 Å². The van der Waals surface area contributed by atoms with Crippen LogP contribution in [0.2, 0.25) is 0 Å². The van der Waals surface area contributed by atoms with Crippen molar-refractivity contribution in [1.29, 1.82) is 0 Å². The molecule has 0 fully saturated rings. The van der Waals surface area contributed by atoms with E-state index in [0.717, 1.165) is 44.6 Å². The van der Waals surface area contributed by atoms with E-state index in [4.69, 9.17) is 19.9 Å². The minimum atomic E-state index is 0.564. The largest absolute Gasteiger partial charge is 0.309 e. The maximum absolute atomic E-state index is 5.04. The first-order valence-corrected chi connectivity index (χ1v) is 18.1. The first kappa shape index (κ1) is 30.2. The minimum absolute atomic E-state index is 0.564. The number of nitrogens with zero attached hydrogens (tertiary/aromatic N) is 6. The van der Waals surface area contributed by atoms with E-state index in [0.29, 0.717) is 17.5 Å². The molecule has 0 spiro atoms. The molecule has 54 heavy (non-hydrogen) atoms. The van der Waals surface area contributed by atoms with Crippen molar-refractivity contribution in [3.8, 4) is 45.5 Å². The second-order valence-corrected chi connectivity index (χ2v) is 13.5. The summed E-state index contributed by atoms with van der Waals surface area (Å²) in [5, 5.41) is 7.21. The van der Waals surface area contributed by atoms with E-state index in [1.54, 1.807) is 0 Å². The summed E-state index contributed by atoms with van der Waals surface area (Å²) < 4.78 is 4.80. The van der Waals surface area contributed by atoms with Gasteiger partial charge in [0.1, 0.15) is 0 Å². The first-order chi connectivity index (χ1) is 26.8. The SMILES string of the molecule is c1ccc(-c2nc(-c3ccccc3)nc(-c3cncc(-n4c5ccccc5c5c6ccccc6c6c(c7ccccc7n6-c6ccccc6)c54)c3)n2)cc1. The van der Waals surface area contributed by atoms with E-state index >= 15 is 0 Å². The standard InChI is InChI=1S/C48H30N6/c1-4-16-31(17-5-1)46-50-47(32-18-6-2-7-19-32)52-48(51-46)33-28-35(30-49-29-33)54-40-26-14-12-24-38(40)42-36-22-10-11-23-37(36)44-43(45(42)54)39-25-13-15-27-41(39)53(44)34-20-8-3-9-21-34/h1-30H. The highest BCUT2D eigenvalue weighted by Crippen LogP contribution is 2.46. The van der Waals surface area contributed by atoms with Crippen molar-refractivity contribution in [2.75, 3.05) is 0 Å². The molecule has 0 atom stereocenters. The molecule has 11 rings (SSSR count). The van der Waals surface area contributed by atoms with E-state index < -0.39 is 0 Å². The number of hydrogen-bond donors (Lipinski definition) is 0. The summed E-state index contributed by atoms with van der Waals surface area (Å²) in [6.45, 7) is 0. The van der Waals surface area contributed by atoms with Gasteiger partial charge in [0, 0.05) is 55.5 Å². The Kier molecular flexibility index (Phi) is 6.75. The maximum Gasteiger partial charge on any atom is 0.165 e. The van der Waals surface area contributed by atoms with Crippen LogP contribution in [0.25, 0.3) is 99.9 Å². The van der Waals surface area contributed by atoms with E-state index in [9.17, 15) is 0 Å². The predicted octanol–water partition coefficient (Wildman–Crippen LogP) is 11.6. The Balaban J connectivity index is 1.25. The molecule has 0 amide bonds. The average molecular weight is 691 g/mol. The molecule has 0 unspecified atom stereocenters. The Morgan fingerprint density at radius 3 is 1.41 bits per heavy atom. The van der Waals surface area contributed by atoms with Crippen molar-refractivity contribution < 1.29 is 0 Å². The van der Waals surface area contributed by atoms with Crippen molar-refractivity contribution in [3.05, 3.63) is 182 Å². The summed E-state index contributed by atoms with van der Waals surface area (Å²) in [7, 11) is 0. The number of fused-ring (bicyclic) bond motifs is 10. The maximum atomic E-state index is 5.04. The Morgan fingerprint density at radius 2 is 0.796 bits per heavy atom. The van der Waals surface area contributed by atoms with Gasteiger partial charge in [0.15, 0.2) is 17.5 Å². The molecule has 4 heterocycles. The number of aromatic nitrogens is 6. The van der Waals surface area contributed by atoms with E-state index in [1.165, 1.54) is 37.8 Å². The van der Waals surface area contributed by atoms with Gasteiger partial charge in [0.2, 0.25) is 0 Å². The minimum Gasteiger partial charge on any atom is -0.309 e. The Hall–Kier alpha value is -7.44.